The fourth-order valence-corrected chi connectivity index (χ4v) is 5.01. The third kappa shape index (κ3) is 3.99. The van der Waals surface area contributed by atoms with Crippen molar-refractivity contribution in [2.24, 2.45) is 0 Å². The van der Waals surface area contributed by atoms with Gasteiger partial charge in [0.15, 0.2) is 5.13 Å². The highest BCUT2D eigenvalue weighted by atomic mass is 32.1. The van der Waals surface area contributed by atoms with E-state index >= 15 is 0 Å². The molecule has 2 aromatic carbocycles. The molecule has 4 rings (SSSR count). The summed E-state index contributed by atoms with van der Waals surface area (Å²) in [7, 11) is 0. The normalized spacial score (nSPS) is 16.5. The Balaban J connectivity index is 1.71. The Bertz CT molecular complexity index is 1200. The maximum absolute atomic E-state index is 13.1. The third-order valence-corrected chi connectivity index (χ3v) is 6.99. The molecule has 3 aromatic rings. The average Bonchev–Trinajstić information content (AvgIpc) is 2.73. The number of benzene rings is 2. The zero-order chi connectivity index (χ0) is 22.4. The van der Waals surface area contributed by atoms with Crippen molar-refractivity contribution in [3.63, 3.8) is 0 Å². The van der Waals surface area contributed by atoms with Crippen molar-refractivity contribution >= 4 is 32.2 Å². The van der Waals surface area contributed by atoms with Crippen molar-refractivity contribution in [3.8, 4) is 0 Å². The molecule has 2 heterocycles. The van der Waals surface area contributed by atoms with E-state index in [4.69, 9.17) is 0 Å². The van der Waals surface area contributed by atoms with Gasteiger partial charge in [0.1, 0.15) is 4.70 Å². The van der Waals surface area contributed by atoms with Crippen molar-refractivity contribution < 1.29 is 18.1 Å². The zero-order valence-corrected chi connectivity index (χ0v) is 17.3. The van der Waals surface area contributed by atoms with Gasteiger partial charge in [-0.2, -0.15) is 18.2 Å². The van der Waals surface area contributed by atoms with Gasteiger partial charge in [0.05, 0.1) is 15.9 Å². The van der Waals surface area contributed by atoms with Gasteiger partial charge in [-0.25, -0.2) is 0 Å². The maximum Gasteiger partial charge on any atom is 0.416 e. The van der Waals surface area contributed by atoms with Gasteiger partial charge in [-0.05, 0) is 29.9 Å². The predicted octanol–water partition coefficient (Wildman–Crippen LogP) is 5.14. The molecule has 162 valence electrons. The van der Waals surface area contributed by atoms with E-state index in [2.05, 4.69) is 24.0 Å². The van der Waals surface area contributed by atoms with Crippen molar-refractivity contribution in [1.29, 1.82) is 0 Å². The van der Waals surface area contributed by atoms with Crippen LogP contribution in [0.15, 0.2) is 47.3 Å². The van der Waals surface area contributed by atoms with Gasteiger partial charge in [-0.3, -0.25) is 14.9 Å². The SMILES string of the molecule is CC1(c2ccccc2)CCN(c2nc(=O)c3cc(C(F)(F)F)cc([N+](=O)[O-])c3s2)CC1. The largest absolute Gasteiger partial charge is 0.416 e. The molecule has 1 fully saturated rings. The molecule has 10 heteroatoms. The van der Waals surface area contributed by atoms with Gasteiger partial charge >= 0.3 is 6.18 Å². The van der Waals surface area contributed by atoms with Crippen LogP contribution in [0.3, 0.4) is 0 Å². The number of nitrogens with zero attached hydrogens (tertiary/aromatic N) is 3. The minimum Gasteiger partial charge on any atom is -0.348 e. The van der Waals surface area contributed by atoms with E-state index < -0.39 is 27.9 Å². The zero-order valence-electron chi connectivity index (χ0n) is 16.5. The summed E-state index contributed by atoms with van der Waals surface area (Å²) in [5.41, 5.74) is -1.70. The smallest absolute Gasteiger partial charge is 0.348 e. The number of alkyl halides is 3. The predicted molar refractivity (Wildman–Crippen MR) is 113 cm³/mol. The van der Waals surface area contributed by atoms with E-state index in [9.17, 15) is 28.1 Å². The van der Waals surface area contributed by atoms with Gasteiger partial charge in [-0.1, -0.05) is 48.6 Å². The summed E-state index contributed by atoms with van der Waals surface area (Å²) in [6.45, 7) is 3.32. The first kappa shape index (κ1) is 21.2. The lowest BCUT2D eigenvalue weighted by Crippen LogP contribution is -2.41. The van der Waals surface area contributed by atoms with E-state index in [1.54, 1.807) is 0 Å². The highest BCUT2D eigenvalue weighted by Crippen LogP contribution is 2.40. The van der Waals surface area contributed by atoms with Gasteiger partial charge in [0, 0.05) is 19.2 Å². The van der Waals surface area contributed by atoms with Crippen LogP contribution in [0.5, 0.6) is 0 Å². The number of rotatable bonds is 3. The van der Waals surface area contributed by atoms with Gasteiger partial charge in [0.2, 0.25) is 0 Å². The summed E-state index contributed by atoms with van der Waals surface area (Å²) < 4.78 is 39.3. The molecule has 0 spiro atoms. The van der Waals surface area contributed by atoms with E-state index in [1.807, 2.05) is 23.1 Å². The van der Waals surface area contributed by atoms with E-state index in [0.29, 0.717) is 25.2 Å². The molecule has 0 N–H and O–H groups in total. The standard InChI is InChI=1S/C21H18F3N3O3S/c1-20(13-5-3-2-4-6-13)7-9-26(10-8-20)19-25-18(28)15-11-14(21(22,23)24)12-16(27(29)30)17(15)31-19/h2-6,11-12H,7-10H2,1H3. The highest BCUT2D eigenvalue weighted by Gasteiger charge is 2.35. The molecule has 0 unspecified atom stereocenters. The van der Waals surface area contributed by atoms with E-state index in [-0.39, 0.29) is 20.6 Å². The van der Waals surface area contributed by atoms with Crippen molar-refractivity contribution in [2.75, 3.05) is 18.0 Å². The van der Waals surface area contributed by atoms with Crippen LogP contribution in [0.4, 0.5) is 24.0 Å². The number of non-ortho nitro benzene ring substituents is 1. The summed E-state index contributed by atoms with van der Waals surface area (Å²) in [4.78, 5) is 28.9. The summed E-state index contributed by atoms with van der Waals surface area (Å²) in [6.07, 6.45) is -3.23. The Morgan fingerprint density at radius 3 is 2.39 bits per heavy atom. The summed E-state index contributed by atoms with van der Waals surface area (Å²) >= 11 is 0.884. The number of hydrogen-bond donors (Lipinski definition) is 0. The number of halogens is 3. The number of hydrogen-bond acceptors (Lipinski definition) is 6. The second-order valence-electron chi connectivity index (χ2n) is 7.84. The topological polar surface area (TPSA) is 76.3 Å². The second kappa shape index (κ2) is 7.60. The molecular weight excluding hydrogens is 431 g/mol. The molecule has 1 aliphatic heterocycles. The lowest BCUT2D eigenvalue weighted by Gasteiger charge is -2.40. The van der Waals surface area contributed by atoms with E-state index in [0.717, 1.165) is 24.2 Å². The van der Waals surface area contributed by atoms with E-state index in [1.165, 1.54) is 5.56 Å². The summed E-state index contributed by atoms with van der Waals surface area (Å²) in [5, 5.41) is 11.3. The second-order valence-corrected chi connectivity index (χ2v) is 8.82. The van der Waals surface area contributed by atoms with Crippen LogP contribution in [0.1, 0.15) is 30.9 Å². The Labute approximate surface area is 179 Å². The summed E-state index contributed by atoms with van der Waals surface area (Å²) in [6, 6.07) is 11.2. The number of piperidine rings is 1. The van der Waals surface area contributed by atoms with Gasteiger partial charge in [0.25, 0.3) is 11.2 Å². The van der Waals surface area contributed by atoms with Gasteiger partial charge in [-0.15, -0.1) is 0 Å². The molecule has 0 radical (unpaired) electrons. The molecule has 0 amide bonds. The van der Waals surface area contributed by atoms with Gasteiger partial charge < -0.3 is 4.90 Å². The molecule has 0 aliphatic carbocycles. The molecule has 1 saturated heterocycles. The lowest BCUT2D eigenvalue weighted by molar-refractivity contribution is -0.383. The van der Waals surface area contributed by atoms with Crippen LogP contribution in [0.25, 0.3) is 10.1 Å². The molecule has 0 bridgehead atoms. The van der Waals surface area contributed by atoms with Crippen LogP contribution in [0, 0.1) is 10.1 Å². The minimum atomic E-state index is -4.80. The summed E-state index contributed by atoms with van der Waals surface area (Å²) in [5.74, 6) is 0. The van der Waals surface area contributed by atoms with Crippen LogP contribution >= 0.6 is 11.3 Å². The Morgan fingerprint density at radius 2 is 1.81 bits per heavy atom. The average molecular weight is 449 g/mol. The number of nitro groups is 1. The lowest BCUT2D eigenvalue weighted by atomic mass is 9.75. The first-order valence-electron chi connectivity index (χ1n) is 9.59. The van der Waals surface area contributed by atoms with Crippen LogP contribution in [-0.4, -0.2) is 23.0 Å². The molecule has 1 aromatic heterocycles. The number of fused-ring (bicyclic) bond motifs is 1. The molecule has 31 heavy (non-hydrogen) atoms. The highest BCUT2D eigenvalue weighted by molar-refractivity contribution is 7.22. The Kier molecular flexibility index (Phi) is 5.20. The third-order valence-electron chi connectivity index (χ3n) is 5.82. The number of anilines is 1. The first-order valence-corrected chi connectivity index (χ1v) is 10.4. The molecular formula is C21H18F3N3O3S. The first-order chi connectivity index (χ1) is 14.6. The Hall–Kier alpha value is -3.01. The van der Waals surface area contributed by atoms with Crippen LogP contribution < -0.4 is 10.5 Å². The molecule has 0 atom stereocenters. The van der Waals surface area contributed by atoms with Crippen LogP contribution in [0.2, 0.25) is 0 Å². The Morgan fingerprint density at radius 1 is 1.16 bits per heavy atom. The van der Waals surface area contributed by atoms with Crippen molar-refractivity contribution in [2.45, 2.75) is 31.4 Å². The van der Waals surface area contributed by atoms with Crippen LogP contribution in [-0.2, 0) is 11.6 Å². The number of aromatic nitrogens is 1. The molecule has 1 aliphatic rings. The molecule has 6 nitrogen and oxygen atoms in total. The monoisotopic (exact) mass is 449 g/mol. The molecule has 0 saturated carbocycles. The van der Waals surface area contributed by atoms with Crippen molar-refractivity contribution in [3.05, 3.63) is 74.1 Å². The fraction of sp³-hybridized carbons (Fsp3) is 0.333. The minimum absolute atomic E-state index is 0.0484. The number of nitro benzene ring substituents is 1. The van der Waals surface area contributed by atoms with Crippen molar-refractivity contribution in [1.82, 2.24) is 4.98 Å². The maximum atomic E-state index is 13.1. The fourth-order valence-electron chi connectivity index (χ4n) is 3.90. The quantitative estimate of drug-likeness (QED) is 0.409.